The van der Waals surface area contributed by atoms with Crippen molar-refractivity contribution in [2.75, 3.05) is 0 Å². The van der Waals surface area contributed by atoms with E-state index in [1.165, 1.54) is 0 Å². The van der Waals surface area contributed by atoms with Crippen LogP contribution in [0.1, 0.15) is 38.3 Å². The smallest absolute Gasteiger partial charge is 0.109 e. The van der Waals surface area contributed by atoms with Crippen molar-refractivity contribution in [2.45, 2.75) is 38.2 Å². The Morgan fingerprint density at radius 1 is 1.37 bits per heavy atom. The summed E-state index contributed by atoms with van der Waals surface area (Å²) in [5, 5.41) is 19.0. The zero-order valence-electron chi connectivity index (χ0n) is 11.2. The van der Waals surface area contributed by atoms with E-state index in [1.807, 2.05) is 30.3 Å². The minimum absolute atomic E-state index is 0.601. The quantitative estimate of drug-likeness (QED) is 0.919. The van der Waals surface area contributed by atoms with Crippen molar-refractivity contribution in [3.8, 4) is 5.69 Å². The number of rotatable bonds is 3. The zero-order valence-corrected chi connectivity index (χ0v) is 11.2. The Balaban J connectivity index is 1.97. The lowest BCUT2D eigenvalue weighted by Gasteiger charge is -2.23. The first-order valence-corrected chi connectivity index (χ1v) is 6.92. The van der Waals surface area contributed by atoms with Gasteiger partial charge in [-0.1, -0.05) is 36.8 Å². The minimum atomic E-state index is -0.778. The molecular formula is C15H19N3O. The van der Waals surface area contributed by atoms with Crippen molar-refractivity contribution in [1.29, 1.82) is 0 Å². The molecular weight excluding hydrogens is 238 g/mol. The summed E-state index contributed by atoms with van der Waals surface area (Å²) >= 11 is 0. The number of hydrogen-bond acceptors (Lipinski definition) is 3. The number of aromatic nitrogens is 3. The fourth-order valence-corrected chi connectivity index (χ4v) is 3.02. The summed E-state index contributed by atoms with van der Waals surface area (Å²) in [7, 11) is 0. The molecule has 0 bridgehead atoms. The molecule has 0 saturated heterocycles. The van der Waals surface area contributed by atoms with Crippen molar-refractivity contribution in [3.63, 3.8) is 0 Å². The van der Waals surface area contributed by atoms with Crippen molar-refractivity contribution >= 4 is 0 Å². The van der Waals surface area contributed by atoms with Gasteiger partial charge < -0.3 is 5.11 Å². The summed E-state index contributed by atoms with van der Waals surface area (Å²) < 4.78 is 1.76. The topological polar surface area (TPSA) is 50.9 Å². The second kappa shape index (κ2) is 4.78. The molecule has 1 aromatic heterocycles. The van der Waals surface area contributed by atoms with Gasteiger partial charge in [0.15, 0.2) is 0 Å². The maximum absolute atomic E-state index is 10.9. The molecule has 19 heavy (non-hydrogen) atoms. The monoisotopic (exact) mass is 257 g/mol. The predicted molar refractivity (Wildman–Crippen MR) is 72.9 cm³/mol. The second-order valence-corrected chi connectivity index (χ2v) is 5.42. The van der Waals surface area contributed by atoms with E-state index in [-0.39, 0.29) is 0 Å². The van der Waals surface area contributed by atoms with Crippen LogP contribution in [-0.4, -0.2) is 20.1 Å². The SMILES string of the molecule is CCC1CCC(O)(c2cnnn2-c2ccccc2)C1. The largest absolute Gasteiger partial charge is 0.383 e. The minimum Gasteiger partial charge on any atom is -0.383 e. The molecule has 1 heterocycles. The van der Waals surface area contributed by atoms with Crippen LogP contribution in [-0.2, 0) is 5.60 Å². The van der Waals surface area contributed by atoms with Gasteiger partial charge in [0.25, 0.3) is 0 Å². The summed E-state index contributed by atoms with van der Waals surface area (Å²) in [4.78, 5) is 0. The van der Waals surface area contributed by atoms with E-state index in [1.54, 1.807) is 10.9 Å². The van der Waals surface area contributed by atoms with Crippen molar-refractivity contribution < 1.29 is 5.11 Å². The highest BCUT2D eigenvalue weighted by Crippen LogP contribution is 2.43. The number of benzene rings is 1. The van der Waals surface area contributed by atoms with E-state index >= 15 is 0 Å². The molecule has 1 N–H and O–H groups in total. The number of aliphatic hydroxyl groups is 1. The Bertz CT molecular complexity index is 552. The molecule has 3 rings (SSSR count). The van der Waals surface area contributed by atoms with Crippen LogP contribution in [0, 0.1) is 5.92 Å². The van der Waals surface area contributed by atoms with E-state index in [0.29, 0.717) is 5.92 Å². The van der Waals surface area contributed by atoms with Crippen LogP contribution in [0.2, 0.25) is 0 Å². The fraction of sp³-hybridized carbons (Fsp3) is 0.467. The normalized spacial score (nSPS) is 26.7. The van der Waals surface area contributed by atoms with Crippen LogP contribution in [0.5, 0.6) is 0 Å². The molecule has 100 valence electrons. The number of nitrogens with zero attached hydrogens (tertiary/aromatic N) is 3. The lowest BCUT2D eigenvalue weighted by Crippen LogP contribution is -2.25. The molecule has 1 aromatic carbocycles. The first-order valence-electron chi connectivity index (χ1n) is 6.92. The Kier molecular flexibility index (Phi) is 3.11. The van der Waals surface area contributed by atoms with E-state index in [0.717, 1.165) is 37.1 Å². The average Bonchev–Trinajstić information content (AvgIpc) is 3.07. The van der Waals surface area contributed by atoms with Gasteiger partial charge in [0.1, 0.15) is 5.60 Å². The van der Waals surface area contributed by atoms with Crippen molar-refractivity contribution in [2.24, 2.45) is 5.92 Å². The van der Waals surface area contributed by atoms with Gasteiger partial charge >= 0.3 is 0 Å². The molecule has 1 saturated carbocycles. The number of hydrogen-bond donors (Lipinski definition) is 1. The molecule has 2 aromatic rings. The van der Waals surface area contributed by atoms with E-state index in [4.69, 9.17) is 0 Å². The molecule has 1 aliphatic rings. The first-order chi connectivity index (χ1) is 9.23. The predicted octanol–water partition coefficient (Wildman–Crippen LogP) is 2.67. The van der Waals surface area contributed by atoms with Gasteiger partial charge in [-0.15, -0.1) is 5.10 Å². The maximum atomic E-state index is 10.9. The van der Waals surface area contributed by atoms with Crippen LogP contribution < -0.4 is 0 Å². The zero-order chi connectivity index (χ0) is 13.3. The van der Waals surface area contributed by atoms with Crippen LogP contribution in [0.3, 0.4) is 0 Å². The van der Waals surface area contributed by atoms with Gasteiger partial charge in [0, 0.05) is 0 Å². The lowest BCUT2D eigenvalue weighted by molar-refractivity contribution is 0.0329. The summed E-state index contributed by atoms with van der Waals surface area (Å²) in [5.74, 6) is 0.601. The molecule has 0 amide bonds. The third-order valence-electron chi connectivity index (χ3n) is 4.20. The van der Waals surface area contributed by atoms with Crippen LogP contribution in [0.15, 0.2) is 36.5 Å². The molecule has 0 spiro atoms. The molecule has 1 fully saturated rings. The van der Waals surface area contributed by atoms with E-state index in [2.05, 4.69) is 17.2 Å². The van der Waals surface area contributed by atoms with Gasteiger partial charge in [0.2, 0.25) is 0 Å². The molecule has 0 aliphatic heterocycles. The molecule has 4 nitrogen and oxygen atoms in total. The van der Waals surface area contributed by atoms with Crippen molar-refractivity contribution in [1.82, 2.24) is 15.0 Å². The Morgan fingerprint density at radius 2 is 2.16 bits per heavy atom. The standard InChI is InChI=1S/C15H19N3O/c1-2-12-8-9-15(19,10-12)14-11-16-17-18(14)13-6-4-3-5-7-13/h3-7,11-12,19H,2,8-10H2,1H3. The lowest BCUT2D eigenvalue weighted by atomic mass is 9.95. The summed E-state index contributed by atoms with van der Waals surface area (Å²) in [5.41, 5.74) is 0.984. The summed E-state index contributed by atoms with van der Waals surface area (Å²) in [6.45, 7) is 2.18. The van der Waals surface area contributed by atoms with Gasteiger partial charge in [-0.25, -0.2) is 4.68 Å². The maximum Gasteiger partial charge on any atom is 0.109 e. The highest BCUT2D eigenvalue weighted by molar-refractivity contribution is 5.33. The summed E-state index contributed by atoms with van der Waals surface area (Å²) in [6.07, 6.45) is 5.50. The van der Waals surface area contributed by atoms with Crippen LogP contribution >= 0.6 is 0 Å². The fourth-order valence-electron chi connectivity index (χ4n) is 3.02. The second-order valence-electron chi connectivity index (χ2n) is 5.42. The van der Waals surface area contributed by atoms with E-state index in [9.17, 15) is 5.11 Å². The molecule has 4 heteroatoms. The highest BCUT2D eigenvalue weighted by Gasteiger charge is 2.40. The first kappa shape index (κ1) is 12.4. The average molecular weight is 257 g/mol. The Labute approximate surface area is 113 Å². The number of para-hydroxylation sites is 1. The Morgan fingerprint density at radius 3 is 2.84 bits per heavy atom. The molecule has 0 radical (unpaired) electrons. The molecule has 1 aliphatic carbocycles. The Hall–Kier alpha value is -1.68. The third kappa shape index (κ3) is 2.16. The van der Waals surface area contributed by atoms with Gasteiger partial charge in [0.05, 0.1) is 17.6 Å². The molecule has 2 unspecified atom stereocenters. The summed E-state index contributed by atoms with van der Waals surface area (Å²) in [6, 6.07) is 9.86. The van der Waals surface area contributed by atoms with Gasteiger partial charge in [-0.05, 0) is 37.3 Å². The third-order valence-corrected chi connectivity index (χ3v) is 4.20. The van der Waals surface area contributed by atoms with Crippen LogP contribution in [0.4, 0.5) is 0 Å². The van der Waals surface area contributed by atoms with Gasteiger partial charge in [-0.3, -0.25) is 0 Å². The highest BCUT2D eigenvalue weighted by atomic mass is 16.3. The van der Waals surface area contributed by atoms with Crippen molar-refractivity contribution in [3.05, 3.63) is 42.2 Å². The molecule has 2 atom stereocenters. The van der Waals surface area contributed by atoms with E-state index < -0.39 is 5.60 Å². The van der Waals surface area contributed by atoms with Gasteiger partial charge in [-0.2, -0.15) is 0 Å². The van der Waals surface area contributed by atoms with Crippen LogP contribution in [0.25, 0.3) is 5.69 Å².